The predicted octanol–water partition coefficient (Wildman–Crippen LogP) is 2.77. The van der Waals surface area contributed by atoms with Crippen molar-refractivity contribution in [1.29, 1.82) is 0 Å². The summed E-state index contributed by atoms with van der Waals surface area (Å²) in [7, 11) is 0. The fraction of sp³-hybridized carbons (Fsp3) is 0. The Morgan fingerprint density at radius 1 is 1.29 bits per heavy atom. The van der Waals surface area contributed by atoms with Crippen molar-refractivity contribution in [1.82, 2.24) is 15.4 Å². The van der Waals surface area contributed by atoms with Gasteiger partial charge in [-0.05, 0) is 42.1 Å². The second kappa shape index (κ2) is 6.90. The largest absolute Gasteiger partial charge is 0.285 e. The highest BCUT2D eigenvalue weighted by atomic mass is 32.2. The molecule has 120 valence electrons. The quantitative estimate of drug-likeness (QED) is 0.674. The third kappa shape index (κ3) is 3.34. The molecule has 0 spiro atoms. The molecule has 0 radical (unpaired) electrons. The molecule has 1 fully saturated rings. The van der Waals surface area contributed by atoms with Crippen molar-refractivity contribution in [3.8, 4) is 0 Å². The number of pyridine rings is 1. The molecule has 2 heterocycles. The minimum atomic E-state index is -0.743. The molecular weight excluding hydrogens is 349 g/mol. The zero-order valence-corrected chi connectivity index (χ0v) is 13.7. The van der Waals surface area contributed by atoms with Crippen molar-refractivity contribution in [3.63, 3.8) is 0 Å². The van der Waals surface area contributed by atoms with E-state index < -0.39 is 17.6 Å². The molecule has 1 aromatic heterocycles. The molecule has 5 nitrogen and oxygen atoms in total. The summed E-state index contributed by atoms with van der Waals surface area (Å²) in [6.07, 6.45) is 4.85. The van der Waals surface area contributed by atoms with Gasteiger partial charge in [0.1, 0.15) is 5.82 Å². The van der Waals surface area contributed by atoms with E-state index in [0.717, 1.165) is 22.3 Å². The first-order chi connectivity index (χ1) is 11.6. The van der Waals surface area contributed by atoms with E-state index in [1.54, 1.807) is 30.6 Å². The maximum Gasteiger partial charge on any atom is 0.285 e. The van der Waals surface area contributed by atoms with Crippen molar-refractivity contribution in [2.75, 3.05) is 0 Å². The smallest absolute Gasteiger partial charge is 0.267 e. The molecule has 1 aliphatic heterocycles. The number of benzene rings is 1. The van der Waals surface area contributed by atoms with Gasteiger partial charge in [-0.25, -0.2) is 4.39 Å². The van der Waals surface area contributed by atoms with Gasteiger partial charge < -0.3 is 0 Å². The number of nitrogens with one attached hydrogen (secondary N) is 1. The molecule has 0 atom stereocenters. The van der Waals surface area contributed by atoms with E-state index in [1.165, 1.54) is 24.3 Å². The SMILES string of the molecule is O=C(NN1C(=O)/C(=C\c2cccnc2)SC1=S)c1ccccc1F. The number of thioether (sulfide) groups is 1. The molecule has 1 N–H and O–H groups in total. The molecule has 1 aromatic carbocycles. The van der Waals surface area contributed by atoms with E-state index in [4.69, 9.17) is 12.2 Å². The average Bonchev–Trinajstić information content (AvgIpc) is 2.83. The third-order valence-electron chi connectivity index (χ3n) is 3.11. The number of amides is 2. The Bertz CT molecular complexity index is 855. The zero-order valence-electron chi connectivity index (χ0n) is 12.1. The molecule has 3 rings (SSSR count). The number of aromatic nitrogens is 1. The number of carbonyl (C=O) groups excluding carboxylic acids is 2. The fourth-order valence-electron chi connectivity index (χ4n) is 1.98. The number of nitrogens with zero attached hydrogens (tertiary/aromatic N) is 2. The normalized spacial score (nSPS) is 15.9. The Kier molecular flexibility index (Phi) is 4.68. The van der Waals surface area contributed by atoms with Crippen molar-refractivity contribution in [3.05, 3.63) is 70.6 Å². The van der Waals surface area contributed by atoms with Crippen LogP contribution in [0.5, 0.6) is 0 Å². The van der Waals surface area contributed by atoms with Gasteiger partial charge >= 0.3 is 0 Å². The van der Waals surface area contributed by atoms with Crippen LogP contribution in [-0.2, 0) is 4.79 Å². The van der Waals surface area contributed by atoms with Crippen LogP contribution in [0.15, 0.2) is 53.7 Å². The second-order valence-electron chi connectivity index (χ2n) is 4.72. The van der Waals surface area contributed by atoms with Crippen LogP contribution in [0, 0.1) is 5.82 Å². The van der Waals surface area contributed by atoms with Gasteiger partial charge in [0.2, 0.25) is 0 Å². The van der Waals surface area contributed by atoms with Crippen LogP contribution in [0.2, 0.25) is 0 Å². The van der Waals surface area contributed by atoms with Gasteiger partial charge in [-0.1, -0.05) is 30.0 Å². The van der Waals surface area contributed by atoms with Gasteiger partial charge in [-0.2, -0.15) is 5.01 Å². The highest BCUT2D eigenvalue weighted by molar-refractivity contribution is 8.26. The molecule has 2 amide bonds. The fourth-order valence-corrected chi connectivity index (χ4v) is 3.16. The van der Waals surface area contributed by atoms with Crippen LogP contribution in [-0.4, -0.2) is 26.1 Å². The van der Waals surface area contributed by atoms with E-state index >= 15 is 0 Å². The molecule has 1 saturated heterocycles. The predicted molar refractivity (Wildman–Crippen MR) is 93.1 cm³/mol. The van der Waals surface area contributed by atoms with E-state index in [1.807, 2.05) is 0 Å². The molecule has 1 aliphatic rings. The Hall–Kier alpha value is -2.58. The molecule has 8 heteroatoms. The van der Waals surface area contributed by atoms with Gasteiger partial charge in [-0.15, -0.1) is 0 Å². The van der Waals surface area contributed by atoms with Crippen LogP contribution in [0.1, 0.15) is 15.9 Å². The summed E-state index contributed by atoms with van der Waals surface area (Å²) in [5.74, 6) is -1.89. The third-order valence-corrected chi connectivity index (χ3v) is 4.41. The van der Waals surface area contributed by atoms with Crippen molar-refractivity contribution in [2.24, 2.45) is 0 Å². The van der Waals surface area contributed by atoms with E-state index in [-0.39, 0.29) is 9.88 Å². The monoisotopic (exact) mass is 359 g/mol. The Morgan fingerprint density at radius 3 is 2.79 bits per heavy atom. The standard InChI is InChI=1S/C16H10FN3O2S2/c17-12-6-2-1-5-11(12)14(21)19-20-15(22)13(24-16(20)23)8-10-4-3-7-18-9-10/h1-9H,(H,19,21)/b13-8+. The second-order valence-corrected chi connectivity index (χ2v) is 6.40. The summed E-state index contributed by atoms with van der Waals surface area (Å²) in [5, 5.41) is 0.941. The van der Waals surface area contributed by atoms with Gasteiger partial charge in [0.25, 0.3) is 11.8 Å². The van der Waals surface area contributed by atoms with Gasteiger partial charge in [-0.3, -0.25) is 20.0 Å². The van der Waals surface area contributed by atoms with Gasteiger partial charge in [0.15, 0.2) is 4.32 Å². The maximum atomic E-state index is 13.7. The number of hydrogen-bond acceptors (Lipinski definition) is 5. The number of hydrogen-bond donors (Lipinski definition) is 1. The molecule has 0 saturated carbocycles. The molecule has 0 bridgehead atoms. The topological polar surface area (TPSA) is 62.3 Å². The average molecular weight is 359 g/mol. The minimum absolute atomic E-state index is 0.164. The summed E-state index contributed by atoms with van der Waals surface area (Å²) in [6, 6.07) is 9.03. The van der Waals surface area contributed by atoms with Gasteiger partial charge in [0.05, 0.1) is 10.5 Å². The molecular formula is C16H10FN3O2S2. The maximum absolute atomic E-state index is 13.7. The first-order valence-electron chi connectivity index (χ1n) is 6.80. The number of halogens is 1. The van der Waals surface area contributed by atoms with Crippen molar-refractivity contribution in [2.45, 2.75) is 0 Å². The lowest BCUT2D eigenvalue weighted by atomic mass is 10.2. The van der Waals surface area contributed by atoms with Crippen molar-refractivity contribution < 1.29 is 14.0 Å². The van der Waals surface area contributed by atoms with Crippen molar-refractivity contribution >= 4 is 46.2 Å². The Balaban J connectivity index is 1.79. The van der Waals surface area contributed by atoms with Crippen LogP contribution < -0.4 is 5.43 Å². The molecule has 0 unspecified atom stereocenters. The van der Waals surface area contributed by atoms with E-state index in [9.17, 15) is 14.0 Å². The highest BCUT2D eigenvalue weighted by Crippen LogP contribution is 2.31. The Morgan fingerprint density at radius 2 is 2.08 bits per heavy atom. The lowest BCUT2D eigenvalue weighted by molar-refractivity contribution is -0.123. The molecule has 24 heavy (non-hydrogen) atoms. The molecule has 2 aromatic rings. The lowest BCUT2D eigenvalue weighted by Crippen LogP contribution is -2.45. The first-order valence-corrected chi connectivity index (χ1v) is 8.02. The molecule has 0 aliphatic carbocycles. The minimum Gasteiger partial charge on any atom is -0.267 e. The van der Waals surface area contributed by atoms with E-state index in [0.29, 0.717) is 4.91 Å². The summed E-state index contributed by atoms with van der Waals surface area (Å²) in [6.45, 7) is 0. The van der Waals surface area contributed by atoms with Crippen LogP contribution >= 0.6 is 24.0 Å². The highest BCUT2D eigenvalue weighted by Gasteiger charge is 2.34. The summed E-state index contributed by atoms with van der Waals surface area (Å²) in [4.78, 5) is 28.8. The van der Waals surface area contributed by atoms with Crippen LogP contribution in [0.3, 0.4) is 0 Å². The number of thiocarbonyl (C=S) groups is 1. The number of hydrazine groups is 1. The van der Waals surface area contributed by atoms with Crippen LogP contribution in [0.25, 0.3) is 6.08 Å². The first kappa shape index (κ1) is 16.3. The summed E-state index contributed by atoms with van der Waals surface area (Å²) >= 11 is 6.17. The zero-order chi connectivity index (χ0) is 17.1. The van der Waals surface area contributed by atoms with Crippen LogP contribution in [0.4, 0.5) is 4.39 Å². The number of carbonyl (C=O) groups is 2. The number of rotatable bonds is 3. The lowest BCUT2D eigenvalue weighted by Gasteiger charge is -2.15. The Labute approximate surface area is 146 Å². The summed E-state index contributed by atoms with van der Waals surface area (Å²) < 4.78 is 13.8. The summed E-state index contributed by atoms with van der Waals surface area (Å²) in [5.41, 5.74) is 2.91. The van der Waals surface area contributed by atoms with E-state index in [2.05, 4.69) is 10.4 Å². The van der Waals surface area contributed by atoms with Gasteiger partial charge in [0, 0.05) is 12.4 Å².